The third kappa shape index (κ3) is 7.03. The van der Waals surface area contributed by atoms with Gasteiger partial charge in [0.05, 0.1) is 29.0 Å². The number of aryl methyl sites for hydroxylation is 1. The minimum absolute atomic E-state index is 0.0391. The first kappa shape index (κ1) is 29.6. The van der Waals surface area contributed by atoms with E-state index in [0.29, 0.717) is 34.3 Å². The van der Waals surface area contributed by atoms with Gasteiger partial charge >= 0.3 is 5.97 Å². The molecule has 1 heterocycles. The molecule has 4 rings (SSSR count). The normalized spacial score (nSPS) is 11.4. The number of carbonyl (C=O) groups is 2. The second-order valence-corrected chi connectivity index (χ2v) is 11.3. The van der Waals surface area contributed by atoms with Crippen LogP contribution >= 0.6 is 11.6 Å². The predicted molar refractivity (Wildman–Crippen MR) is 158 cm³/mol. The van der Waals surface area contributed by atoms with Crippen LogP contribution in [0.15, 0.2) is 93.3 Å². The van der Waals surface area contributed by atoms with Crippen LogP contribution in [0.1, 0.15) is 34.2 Å². The summed E-state index contributed by atoms with van der Waals surface area (Å²) in [5, 5.41) is 4.30. The van der Waals surface area contributed by atoms with Gasteiger partial charge in [-0.2, -0.15) is 5.10 Å². The molecule has 0 aliphatic heterocycles. The fourth-order valence-corrected chi connectivity index (χ4v) is 5.55. The highest BCUT2D eigenvalue weighted by atomic mass is 35.5. The molecule has 0 spiro atoms. The van der Waals surface area contributed by atoms with Crippen molar-refractivity contribution in [3.8, 4) is 11.3 Å². The Labute approximate surface area is 243 Å². The molecule has 0 aliphatic rings. The summed E-state index contributed by atoms with van der Waals surface area (Å²) >= 11 is 6.27. The molecule has 0 bridgehead atoms. The second-order valence-electron chi connectivity index (χ2n) is 9.00. The number of carbonyl (C=O) groups excluding carboxylic acids is 2. The molecule has 1 amide bonds. The van der Waals surface area contributed by atoms with E-state index in [4.69, 9.17) is 20.8 Å². The molecule has 4 aromatic rings. The van der Waals surface area contributed by atoms with E-state index in [0.717, 1.165) is 15.4 Å². The van der Waals surface area contributed by atoms with Crippen LogP contribution in [0.5, 0.6) is 0 Å². The maximum atomic E-state index is 13.6. The number of hydrogen-bond acceptors (Lipinski definition) is 7. The van der Waals surface area contributed by atoms with Gasteiger partial charge in [0.15, 0.2) is 0 Å². The Balaban J connectivity index is 1.48. The van der Waals surface area contributed by atoms with Gasteiger partial charge in [-0.1, -0.05) is 47.5 Å². The van der Waals surface area contributed by atoms with Gasteiger partial charge in [0.25, 0.3) is 15.9 Å². The zero-order chi connectivity index (χ0) is 29.6. The summed E-state index contributed by atoms with van der Waals surface area (Å²) in [6.07, 6.45) is 1.30. The summed E-state index contributed by atoms with van der Waals surface area (Å²) in [5.41, 5.74) is 5.21. The van der Waals surface area contributed by atoms with E-state index >= 15 is 0 Å². The fourth-order valence-electron chi connectivity index (χ4n) is 3.90. The highest BCUT2D eigenvalue weighted by Crippen LogP contribution is 2.31. The number of hydrogen-bond donors (Lipinski definition) is 1. The van der Waals surface area contributed by atoms with E-state index in [-0.39, 0.29) is 10.6 Å². The lowest BCUT2D eigenvalue weighted by Gasteiger charge is -2.25. The van der Waals surface area contributed by atoms with Crippen molar-refractivity contribution in [2.24, 2.45) is 5.10 Å². The van der Waals surface area contributed by atoms with E-state index < -0.39 is 28.4 Å². The van der Waals surface area contributed by atoms with E-state index in [2.05, 4.69) is 10.5 Å². The Morgan fingerprint density at radius 2 is 1.71 bits per heavy atom. The Hall–Kier alpha value is -4.41. The van der Waals surface area contributed by atoms with Crippen LogP contribution in [0.25, 0.3) is 11.3 Å². The standard InChI is InChI=1S/C30H28ClN3O6S/c1-4-39-30(36)23-12-10-22(11-13-23)28-17-14-24(40-28)18-32-33-29(35)19-34(27-7-5-6-26(31)21(27)3)41(37,38)25-15-8-20(2)9-16-25/h5-18H,4,19H2,1-3H3,(H,33,35)/b32-18-. The maximum Gasteiger partial charge on any atom is 0.338 e. The number of nitrogens with zero attached hydrogens (tertiary/aromatic N) is 2. The van der Waals surface area contributed by atoms with Gasteiger partial charge in [-0.3, -0.25) is 9.10 Å². The number of rotatable bonds is 10. The van der Waals surface area contributed by atoms with Crippen LogP contribution in [0, 0.1) is 13.8 Å². The van der Waals surface area contributed by atoms with Crippen molar-refractivity contribution in [3.63, 3.8) is 0 Å². The number of furan rings is 1. The topological polar surface area (TPSA) is 118 Å². The first-order valence-corrected chi connectivity index (χ1v) is 14.5. The summed E-state index contributed by atoms with van der Waals surface area (Å²) in [5.74, 6) is -0.194. The average Bonchev–Trinajstić information content (AvgIpc) is 3.43. The summed E-state index contributed by atoms with van der Waals surface area (Å²) in [6.45, 7) is 5.03. The molecule has 0 saturated heterocycles. The van der Waals surface area contributed by atoms with Crippen LogP contribution in [-0.2, 0) is 19.6 Å². The van der Waals surface area contributed by atoms with Gasteiger partial charge in [-0.15, -0.1) is 0 Å². The number of esters is 1. The number of halogens is 1. The van der Waals surface area contributed by atoms with Gasteiger partial charge in [0.1, 0.15) is 18.1 Å². The fraction of sp³-hybridized carbons (Fsp3) is 0.167. The highest BCUT2D eigenvalue weighted by molar-refractivity contribution is 7.92. The Kier molecular flexibility index (Phi) is 9.26. The lowest BCUT2D eigenvalue weighted by molar-refractivity contribution is -0.119. The number of sulfonamides is 1. The van der Waals surface area contributed by atoms with Crippen molar-refractivity contribution in [2.75, 3.05) is 17.5 Å². The number of ether oxygens (including phenoxy) is 1. The Morgan fingerprint density at radius 3 is 2.39 bits per heavy atom. The second kappa shape index (κ2) is 12.8. The van der Waals surface area contributed by atoms with Crippen molar-refractivity contribution < 1.29 is 27.2 Å². The van der Waals surface area contributed by atoms with Crippen molar-refractivity contribution >= 4 is 45.4 Å². The van der Waals surface area contributed by atoms with Gasteiger partial charge in [-0.05, 0) is 74.9 Å². The van der Waals surface area contributed by atoms with E-state index in [9.17, 15) is 18.0 Å². The number of benzene rings is 3. The molecule has 0 atom stereocenters. The van der Waals surface area contributed by atoms with Crippen molar-refractivity contribution in [1.82, 2.24) is 5.43 Å². The minimum Gasteiger partial charge on any atom is -0.462 e. The average molecular weight is 594 g/mol. The smallest absolute Gasteiger partial charge is 0.338 e. The molecule has 0 aliphatic carbocycles. The number of nitrogens with one attached hydrogen (secondary N) is 1. The molecule has 1 N–H and O–H groups in total. The van der Waals surface area contributed by atoms with Crippen molar-refractivity contribution in [3.05, 3.63) is 106 Å². The van der Waals surface area contributed by atoms with Gasteiger partial charge in [0, 0.05) is 10.6 Å². The van der Waals surface area contributed by atoms with Crippen LogP contribution < -0.4 is 9.73 Å². The molecule has 3 aromatic carbocycles. The molecule has 1 aromatic heterocycles. The quantitative estimate of drug-likeness (QED) is 0.142. The van der Waals surface area contributed by atoms with Gasteiger partial charge in [-0.25, -0.2) is 18.6 Å². The SMILES string of the molecule is CCOC(=O)c1ccc(-c2ccc(/C=N\NC(=O)CN(c3cccc(Cl)c3C)S(=O)(=O)c3ccc(C)cc3)o2)cc1. The summed E-state index contributed by atoms with van der Waals surface area (Å²) in [7, 11) is -4.11. The zero-order valence-electron chi connectivity index (χ0n) is 22.6. The maximum absolute atomic E-state index is 13.6. The molecule has 0 radical (unpaired) electrons. The van der Waals surface area contributed by atoms with Crippen LogP contribution in [-0.4, -0.2) is 39.7 Å². The van der Waals surface area contributed by atoms with E-state index in [1.165, 1.54) is 18.3 Å². The summed E-state index contributed by atoms with van der Waals surface area (Å²) in [6, 6.07) is 21.3. The van der Waals surface area contributed by atoms with Gasteiger partial charge in [0.2, 0.25) is 0 Å². The molecule has 11 heteroatoms. The van der Waals surface area contributed by atoms with Crippen LogP contribution in [0.4, 0.5) is 5.69 Å². The summed E-state index contributed by atoms with van der Waals surface area (Å²) < 4.78 is 38.9. The van der Waals surface area contributed by atoms with Crippen LogP contribution in [0.3, 0.4) is 0 Å². The van der Waals surface area contributed by atoms with Crippen molar-refractivity contribution in [1.29, 1.82) is 0 Å². The van der Waals surface area contributed by atoms with Crippen LogP contribution in [0.2, 0.25) is 5.02 Å². The molecule has 0 saturated carbocycles. The third-order valence-corrected chi connectivity index (χ3v) is 8.28. The first-order chi connectivity index (χ1) is 19.6. The number of anilines is 1. The van der Waals surface area contributed by atoms with Gasteiger partial charge < -0.3 is 9.15 Å². The monoisotopic (exact) mass is 593 g/mol. The van der Waals surface area contributed by atoms with Crippen molar-refractivity contribution in [2.45, 2.75) is 25.7 Å². The highest BCUT2D eigenvalue weighted by Gasteiger charge is 2.28. The molecule has 0 fully saturated rings. The molecule has 41 heavy (non-hydrogen) atoms. The first-order valence-electron chi connectivity index (χ1n) is 12.6. The number of amides is 1. The lowest BCUT2D eigenvalue weighted by Crippen LogP contribution is -2.40. The molecule has 212 valence electrons. The minimum atomic E-state index is -4.11. The predicted octanol–water partition coefficient (Wildman–Crippen LogP) is 5.74. The third-order valence-electron chi connectivity index (χ3n) is 6.09. The molecule has 9 nitrogen and oxygen atoms in total. The molecule has 0 unspecified atom stereocenters. The summed E-state index contributed by atoms with van der Waals surface area (Å²) in [4.78, 5) is 24.8. The lowest BCUT2D eigenvalue weighted by atomic mass is 10.1. The molecular formula is C30H28ClN3O6S. The molecular weight excluding hydrogens is 566 g/mol. The van der Waals surface area contributed by atoms with E-state index in [1.807, 2.05) is 6.92 Å². The Bertz CT molecular complexity index is 1680. The Morgan fingerprint density at radius 1 is 1.00 bits per heavy atom. The number of hydrazone groups is 1. The largest absolute Gasteiger partial charge is 0.462 e. The zero-order valence-corrected chi connectivity index (χ0v) is 24.2. The van der Waals surface area contributed by atoms with E-state index in [1.54, 1.807) is 80.6 Å².